The molecule has 2 aliphatic carbocycles. The average Bonchev–Trinajstić information content (AvgIpc) is 3.53. The zero-order valence-corrected chi connectivity index (χ0v) is 19.4. The van der Waals surface area contributed by atoms with Gasteiger partial charge in [-0.05, 0) is 46.9 Å². The number of fused-ring (bicyclic) bond motifs is 4. The Hall–Kier alpha value is -3.39. The third-order valence-corrected chi connectivity index (χ3v) is 7.70. The third-order valence-electron chi connectivity index (χ3n) is 7.70. The summed E-state index contributed by atoms with van der Waals surface area (Å²) >= 11 is 0. The minimum Gasteiger partial charge on any atom is -0.480 e. The van der Waals surface area contributed by atoms with Gasteiger partial charge in [-0.3, -0.25) is 4.79 Å². The fourth-order valence-corrected chi connectivity index (χ4v) is 6.12. The molecule has 0 spiro atoms. The summed E-state index contributed by atoms with van der Waals surface area (Å²) in [5, 5.41) is 22.5. The van der Waals surface area contributed by atoms with Crippen molar-refractivity contribution in [2.75, 3.05) is 19.7 Å². The SMILES string of the molecule is O=C(NCC(O)CC(=O)N1CC2CCCC2C1C(=O)O)OCC1c2ccccc2-c2ccccc21. The summed E-state index contributed by atoms with van der Waals surface area (Å²) in [4.78, 5) is 38.2. The highest BCUT2D eigenvalue weighted by Gasteiger charge is 2.49. The van der Waals surface area contributed by atoms with Crippen LogP contribution in [-0.2, 0) is 14.3 Å². The number of carboxylic acid groups (broad SMARTS) is 1. The smallest absolute Gasteiger partial charge is 0.407 e. The van der Waals surface area contributed by atoms with Gasteiger partial charge in [-0.2, -0.15) is 0 Å². The van der Waals surface area contributed by atoms with Crippen molar-refractivity contribution in [2.45, 2.75) is 43.7 Å². The van der Waals surface area contributed by atoms with Crippen LogP contribution in [0.1, 0.15) is 42.7 Å². The van der Waals surface area contributed by atoms with E-state index in [4.69, 9.17) is 4.74 Å². The molecule has 2 aromatic carbocycles. The quantitative estimate of drug-likeness (QED) is 0.563. The number of carboxylic acids is 1. The fraction of sp³-hybridized carbons (Fsp3) is 0.444. The van der Waals surface area contributed by atoms with Gasteiger partial charge in [0, 0.05) is 19.0 Å². The van der Waals surface area contributed by atoms with Crippen molar-refractivity contribution in [3.63, 3.8) is 0 Å². The van der Waals surface area contributed by atoms with E-state index in [9.17, 15) is 24.6 Å². The van der Waals surface area contributed by atoms with Crippen LogP contribution in [0.5, 0.6) is 0 Å². The second-order valence-electron chi connectivity index (χ2n) is 9.75. The maximum absolute atomic E-state index is 12.7. The number of aliphatic carboxylic acids is 1. The van der Waals surface area contributed by atoms with Crippen molar-refractivity contribution in [3.8, 4) is 11.1 Å². The molecule has 1 saturated heterocycles. The van der Waals surface area contributed by atoms with Crippen LogP contribution < -0.4 is 5.32 Å². The lowest BCUT2D eigenvalue weighted by Gasteiger charge is -2.25. The lowest BCUT2D eigenvalue weighted by Crippen LogP contribution is -2.45. The van der Waals surface area contributed by atoms with Gasteiger partial charge in [-0.15, -0.1) is 0 Å². The van der Waals surface area contributed by atoms with E-state index in [-0.39, 0.29) is 37.3 Å². The van der Waals surface area contributed by atoms with Gasteiger partial charge in [0.1, 0.15) is 12.6 Å². The van der Waals surface area contributed by atoms with E-state index in [0.717, 1.165) is 41.5 Å². The second kappa shape index (κ2) is 9.70. The predicted molar refractivity (Wildman–Crippen MR) is 128 cm³/mol. The van der Waals surface area contributed by atoms with Gasteiger partial charge < -0.3 is 25.2 Å². The Morgan fingerprint density at radius 2 is 1.69 bits per heavy atom. The Morgan fingerprint density at radius 3 is 2.34 bits per heavy atom. The van der Waals surface area contributed by atoms with Gasteiger partial charge in [0.25, 0.3) is 0 Å². The normalized spacial score (nSPS) is 23.3. The van der Waals surface area contributed by atoms with Gasteiger partial charge in [0.05, 0.1) is 12.5 Å². The number of amides is 2. The van der Waals surface area contributed by atoms with Crippen molar-refractivity contribution in [1.82, 2.24) is 10.2 Å². The van der Waals surface area contributed by atoms with Crippen molar-refractivity contribution < 1.29 is 29.3 Å². The molecule has 0 radical (unpaired) electrons. The highest BCUT2D eigenvalue weighted by atomic mass is 16.5. The summed E-state index contributed by atoms with van der Waals surface area (Å²) in [6.07, 6.45) is 0.706. The largest absolute Gasteiger partial charge is 0.480 e. The van der Waals surface area contributed by atoms with E-state index >= 15 is 0 Å². The van der Waals surface area contributed by atoms with Crippen LogP contribution in [0.2, 0.25) is 0 Å². The first-order valence-corrected chi connectivity index (χ1v) is 12.2. The van der Waals surface area contributed by atoms with E-state index < -0.39 is 30.1 Å². The standard InChI is InChI=1S/C27H30N2O6/c30-17(12-24(31)29-14-16-6-5-11-18(16)25(29)26(32)33)13-28-27(34)35-15-23-21-9-3-1-7-19(21)20-8-2-4-10-22(20)23/h1-4,7-10,16-18,23,25,30H,5-6,11-15H2,(H,28,34)(H,32,33). The Labute approximate surface area is 203 Å². The summed E-state index contributed by atoms with van der Waals surface area (Å²) in [6, 6.07) is 15.3. The molecule has 5 rings (SSSR count). The van der Waals surface area contributed by atoms with Crippen LogP contribution in [0.25, 0.3) is 11.1 Å². The topological polar surface area (TPSA) is 116 Å². The number of nitrogens with zero attached hydrogens (tertiary/aromatic N) is 1. The number of alkyl carbamates (subject to hydrolysis) is 1. The molecule has 8 heteroatoms. The van der Waals surface area contributed by atoms with Crippen LogP contribution in [0, 0.1) is 11.8 Å². The fourth-order valence-electron chi connectivity index (χ4n) is 6.12. The number of nitrogens with one attached hydrogen (secondary N) is 1. The molecule has 2 amide bonds. The number of hydrogen-bond donors (Lipinski definition) is 3. The molecule has 1 saturated carbocycles. The van der Waals surface area contributed by atoms with Gasteiger partial charge >= 0.3 is 12.1 Å². The Balaban J connectivity index is 1.12. The number of carbonyl (C=O) groups is 3. The first kappa shape index (κ1) is 23.4. The highest BCUT2D eigenvalue weighted by Crippen LogP contribution is 2.44. The number of hydrogen-bond acceptors (Lipinski definition) is 5. The summed E-state index contributed by atoms with van der Waals surface area (Å²) < 4.78 is 5.46. The predicted octanol–water partition coefficient (Wildman–Crippen LogP) is 2.99. The second-order valence-corrected chi connectivity index (χ2v) is 9.75. The molecule has 0 aromatic heterocycles. The number of benzene rings is 2. The Morgan fingerprint density at radius 1 is 1.03 bits per heavy atom. The van der Waals surface area contributed by atoms with E-state index in [1.807, 2.05) is 36.4 Å². The molecule has 0 bridgehead atoms. The molecule has 3 aliphatic rings. The number of rotatable bonds is 7. The number of ether oxygens (including phenoxy) is 1. The molecule has 8 nitrogen and oxygen atoms in total. The van der Waals surface area contributed by atoms with Gasteiger partial charge in [0.15, 0.2) is 0 Å². The third kappa shape index (κ3) is 4.50. The van der Waals surface area contributed by atoms with Gasteiger partial charge in [-0.1, -0.05) is 55.0 Å². The van der Waals surface area contributed by atoms with Crippen molar-refractivity contribution in [1.29, 1.82) is 0 Å². The molecule has 4 unspecified atom stereocenters. The molecular weight excluding hydrogens is 448 g/mol. The first-order chi connectivity index (χ1) is 16.9. The summed E-state index contributed by atoms with van der Waals surface area (Å²) in [5.74, 6) is -1.24. The lowest BCUT2D eigenvalue weighted by atomic mass is 9.94. The Bertz CT molecular complexity index is 1090. The molecule has 4 atom stereocenters. The summed E-state index contributed by atoms with van der Waals surface area (Å²) in [6.45, 7) is 0.430. The van der Waals surface area contributed by atoms with Gasteiger partial charge in [0.2, 0.25) is 5.91 Å². The van der Waals surface area contributed by atoms with E-state index in [0.29, 0.717) is 6.54 Å². The molecule has 184 valence electrons. The van der Waals surface area contributed by atoms with E-state index in [1.54, 1.807) is 0 Å². The lowest BCUT2D eigenvalue weighted by molar-refractivity contribution is -0.150. The van der Waals surface area contributed by atoms with Gasteiger partial charge in [-0.25, -0.2) is 9.59 Å². The molecule has 2 aromatic rings. The zero-order chi connectivity index (χ0) is 24.5. The van der Waals surface area contributed by atoms with Crippen molar-refractivity contribution in [3.05, 3.63) is 59.7 Å². The molecular formula is C27H30N2O6. The van der Waals surface area contributed by atoms with Crippen molar-refractivity contribution >= 4 is 18.0 Å². The number of aliphatic hydroxyl groups excluding tert-OH is 1. The van der Waals surface area contributed by atoms with E-state index in [2.05, 4.69) is 17.4 Å². The summed E-state index contributed by atoms with van der Waals surface area (Å²) in [7, 11) is 0. The highest BCUT2D eigenvalue weighted by molar-refractivity contribution is 5.85. The molecule has 2 fully saturated rings. The average molecular weight is 479 g/mol. The molecule has 35 heavy (non-hydrogen) atoms. The Kier molecular flexibility index (Phi) is 6.47. The van der Waals surface area contributed by atoms with Crippen LogP contribution in [0.3, 0.4) is 0 Å². The zero-order valence-electron chi connectivity index (χ0n) is 19.4. The first-order valence-electron chi connectivity index (χ1n) is 12.2. The molecule has 3 N–H and O–H groups in total. The molecule has 1 aliphatic heterocycles. The van der Waals surface area contributed by atoms with Crippen molar-refractivity contribution in [2.24, 2.45) is 11.8 Å². The summed E-state index contributed by atoms with van der Waals surface area (Å²) in [5.41, 5.74) is 4.49. The number of likely N-dealkylation sites (tertiary alicyclic amines) is 1. The number of carbonyl (C=O) groups excluding carboxylic acids is 2. The minimum absolute atomic E-state index is 0.00690. The monoisotopic (exact) mass is 478 g/mol. The van der Waals surface area contributed by atoms with E-state index in [1.165, 1.54) is 4.90 Å². The molecule has 1 heterocycles. The maximum Gasteiger partial charge on any atom is 0.407 e. The van der Waals surface area contributed by atoms with Crippen LogP contribution in [0.15, 0.2) is 48.5 Å². The minimum atomic E-state index is -1.13. The van der Waals surface area contributed by atoms with Crippen LogP contribution >= 0.6 is 0 Å². The maximum atomic E-state index is 12.7. The van der Waals surface area contributed by atoms with Crippen LogP contribution in [0.4, 0.5) is 4.79 Å². The van der Waals surface area contributed by atoms with Crippen LogP contribution in [-0.4, -0.2) is 64.9 Å². The number of aliphatic hydroxyl groups is 1.